The summed E-state index contributed by atoms with van der Waals surface area (Å²) in [5.74, 6) is -1.02. The third-order valence-electron chi connectivity index (χ3n) is 7.21. The van der Waals surface area contributed by atoms with Crippen LogP contribution < -0.4 is 0 Å². The average molecular weight is 590 g/mol. The van der Waals surface area contributed by atoms with Crippen LogP contribution in [0.2, 0.25) is 0 Å². The standard InChI is InChI=1S/C25H36NO13P/c1-40(2,35)10-7-14-16(28)18(30)20(32)24(37-14)39-21-19(31)17(29)15(11-27)38-25(21)36-9-8-26-22(33)12-5-3-4-6-13(12)23(26)34/h3-6,14-21,24-25,27-32H,7-11H2,1-2H3/t14?,15?,16-,17-,18+,19+,20?,21?,24-,25+/m1/s1. The van der Waals surface area contributed by atoms with Crippen molar-refractivity contribution in [2.45, 2.75) is 67.8 Å². The topological polar surface area (TPSA) is 213 Å². The quantitative estimate of drug-likeness (QED) is 0.128. The molecule has 3 aliphatic heterocycles. The van der Waals surface area contributed by atoms with E-state index in [0.717, 1.165) is 4.90 Å². The summed E-state index contributed by atoms with van der Waals surface area (Å²) >= 11 is 0. The van der Waals surface area contributed by atoms with E-state index in [1.165, 1.54) is 12.1 Å². The number of aliphatic hydroxyl groups excluding tert-OH is 6. The van der Waals surface area contributed by atoms with Crippen molar-refractivity contribution in [2.24, 2.45) is 0 Å². The second-order valence-electron chi connectivity index (χ2n) is 10.6. The van der Waals surface area contributed by atoms with Crippen LogP contribution in [0.25, 0.3) is 0 Å². The monoisotopic (exact) mass is 589 g/mol. The number of nitrogens with zero attached hydrogens (tertiary/aromatic N) is 1. The number of ether oxygens (including phenoxy) is 4. The summed E-state index contributed by atoms with van der Waals surface area (Å²) in [7, 11) is -2.50. The minimum atomic E-state index is -2.50. The Morgan fingerprint density at radius 2 is 1.43 bits per heavy atom. The number of carbonyl (C=O) groups is 2. The molecule has 3 heterocycles. The number of aliphatic hydroxyl groups is 6. The van der Waals surface area contributed by atoms with E-state index in [1.807, 2.05) is 0 Å². The molecular formula is C25H36NO13P. The molecule has 0 spiro atoms. The minimum absolute atomic E-state index is 0.0776. The van der Waals surface area contributed by atoms with Crippen molar-refractivity contribution in [3.8, 4) is 0 Å². The highest BCUT2D eigenvalue weighted by atomic mass is 31.2. The maximum absolute atomic E-state index is 12.6. The Morgan fingerprint density at radius 1 is 0.850 bits per heavy atom. The molecule has 2 fully saturated rings. The smallest absolute Gasteiger partial charge is 0.261 e. The number of benzene rings is 1. The van der Waals surface area contributed by atoms with Crippen LogP contribution in [0.5, 0.6) is 0 Å². The molecule has 2 amide bonds. The van der Waals surface area contributed by atoms with Gasteiger partial charge in [-0.15, -0.1) is 0 Å². The summed E-state index contributed by atoms with van der Waals surface area (Å²) in [6.45, 7) is 1.95. The van der Waals surface area contributed by atoms with Crippen molar-refractivity contribution >= 4 is 19.0 Å². The van der Waals surface area contributed by atoms with Gasteiger partial charge in [-0.3, -0.25) is 14.5 Å². The molecule has 2 saturated heterocycles. The highest BCUT2D eigenvalue weighted by molar-refractivity contribution is 7.62. The Morgan fingerprint density at radius 3 is 2.00 bits per heavy atom. The van der Waals surface area contributed by atoms with Crippen LogP contribution in [-0.2, 0) is 23.5 Å². The van der Waals surface area contributed by atoms with E-state index in [4.69, 9.17) is 18.9 Å². The molecule has 40 heavy (non-hydrogen) atoms. The lowest BCUT2D eigenvalue weighted by Crippen LogP contribution is -2.64. The number of rotatable bonds is 10. The molecule has 3 aliphatic rings. The van der Waals surface area contributed by atoms with E-state index in [-0.39, 0.29) is 36.9 Å². The van der Waals surface area contributed by atoms with Crippen molar-refractivity contribution < 1.29 is 63.7 Å². The summed E-state index contributed by atoms with van der Waals surface area (Å²) in [4.78, 5) is 26.2. The van der Waals surface area contributed by atoms with Gasteiger partial charge in [0.05, 0.1) is 44.1 Å². The Labute approximate surface area is 230 Å². The molecule has 14 nitrogen and oxygen atoms in total. The predicted octanol–water partition coefficient (Wildman–Crippen LogP) is -2.06. The zero-order chi connectivity index (χ0) is 29.4. The van der Waals surface area contributed by atoms with Crippen LogP contribution >= 0.6 is 7.14 Å². The van der Waals surface area contributed by atoms with Gasteiger partial charge in [-0.05, 0) is 31.9 Å². The van der Waals surface area contributed by atoms with Crippen LogP contribution in [-0.4, -0.2) is 148 Å². The summed E-state index contributed by atoms with van der Waals surface area (Å²) < 4.78 is 34.8. The number of carbonyl (C=O) groups excluding carboxylic acids is 2. The van der Waals surface area contributed by atoms with Crippen molar-refractivity contribution in [3.63, 3.8) is 0 Å². The van der Waals surface area contributed by atoms with Crippen LogP contribution in [0.4, 0.5) is 0 Å². The van der Waals surface area contributed by atoms with Crippen molar-refractivity contribution in [1.29, 1.82) is 0 Å². The SMILES string of the molecule is CP(C)(=O)CCC1O[C@H](OC2[C@@H](OCCN3C(=O)c4ccccc4C3=O)OC(CO)[C@@H](O)[C@@H]2O)C(O)[C@@H](O)[C@@H]1O. The Kier molecular flexibility index (Phi) is 9.80. The lowest BCUT2D eigenvalue weighted by atomic mass is 9.96. The van der Waals surface area contributed by atoms with Crippen LogP contribution in [0.3, 0.4) is 0 Å². The first-order valence-corrected chi connectivity index (χ1v) is 15.7. The fraction of sp³-hybridized carbons (Fsp3) is 0.680. The second-order valence-corrected chi connectivity index (χ2v) is 14.2. The maximum Gasteiger partial charge on any atom is 0.261 e. The van der Waals surface area contributed by atoms with Gasteiger partial charge in [0.15, 0.2) is 12.6 Å². The van der Waals surface area contributed by atoms with Gasteiger partial charge in [0, 0.05) is 6.16 Å². The number of hydrogen-bond donors (Lipinski definition) is 6. The molecule has 6 N–H and O–H groups in total. The zero-order valence-corrected chi connectivity index (χ0v) is 22.9. The molecule has 0 aliphatic carbocycles. The van der Waals surface area contributed by atoms with E-state index in [2.05, 4.69) is 0 Å². The molecule has 15 heteroatoms. The Hall–Kier alpha value is -1.81. The van der Waals surface area contributed by atoms with E-state index < -0.39 is 87.0 Å². The Balaban J connectivity index is 1.45. The van der Waals surface area contributed by atoms with Crippen molar-refractivity contribution in [1.82, 2.24) is 4.90 Å². The van der Waals surface area contributed by atoms with Crippen LogP contribution in [0.15, 0.2) is 24.3 Å². The first-order chi connectivity index (χ1) is 18.8. The lowest BCUT2D eigenvalue weighted by Gasteiger charge is -2.46. The lowest BCUT2D eigenvalue weighted by molar-refractivity contribution is -0.365. The zero-order valence-electron chi connectivity index (χ0n) is 22.1. The second kappa shape index (κ2) is 12.6. The number of imide groups is 1. The molecule has 10 atom stereocenters. The molecule has 1 aromatic carbocycles. The molecule has 0 saturated carbocycles. The average Bonchev–Trinajstić information content (AvgIpc) is 3.16. The predicted molar refractivity (Wildman–Crippen MR) is 136 cm³/mol. The van der Waals surface area contributed by atoms with E-state index in [9.17, 15) is 44.8 Å². The molecule has 0 bridgehead atoms. The molecule has 4 unspecified atom stereocenters. The molecule has 0 aromatic heterocycles. The van der Waals surface area contributed by atoms with Crippen LogP contribution in [0.1, 0.15) is 27.1 Å². The number of hydrogen-bond acceptors (Lipinski definition) is 13. The van der Waals surface area contributed by atoms with Crippen molar-refractivity contribution in [2.75, 3.05) is 39.3 Å². The number of fused-ring (bicyclic) bond motifs is 1. The summed E-state index contributed by atoms with van der Waals surface area (Å²) in [5, 5.41) is 62.1. The molecule has 4 rings (SSSR count). The van der Waals surface area contributed by atoms with E-state index in [1.54, 1.807) is 25.5 Å². The molecular weight excluding hydrogens is 553 g/mol. The summed E-state index contributed by atoms with van der Waals surface area (Å²) in [6.07, 6.45) is -15.1. The van der Waals surface area contributed by atoms with E-state index in [0.29, 0.717) is 0 Å². The normalized spacial score (nSPS) is 36.6. The van der Waals surface area contributed by atoms with Crippen molar-refractivity contribution in [3.05, 3.63) is 35.4 Å². The van der Waals surface area contributed by atoms with Crippen LogP contribution in [0, 0.1) is 0 Å². The molecule has 224 valence electrons. The third-order valence-corrected chi connectivity index (χ3v) is 8.55. The third kappa shape index (κ3) is 6.48. The van der Waals surface area contributed by atoms with Gasteiger partial charge < -0.3 is 54.2 Å². The largest absolute Gasteiger partial charge is 0.394 e. The first kappa shape index (κ1) is 31.1. The Bertz CT molecular complexity index is 1080. The van der Waals surface area contributed by atoms with E-state index >= 15 is 0 Å². The van der Waals surface area contributed by atoms with Gasteiger partial charge >= 0.3 is 0 Å². The highest BCUT2D eigenvalue weighted by Crippen LogP contribution is 2.39. The van der Waals surface area contributed by atoms with Gasteiger partial charge in [0.1, 0.15) is 42.7 Å². The fourth-order valence-corrected chi connectivity index (χ4v) is 5.77. The molecule has 0 radical (unpaired) electrons. The van der Waals surface area contributed by atoms with Gasteiger partial charge in [0.25, 0.3) is 11.8 Å². The fourth-order valence-electron chi connectivity index (χ4n) is 4.90. The molecule has 1 aromatic rings. The number of amides is 2. The van der Waals surface area contributed by atoms with Gasteiger partial charge in [-0.25, -0.2) is 0 Å². The van der Waals surface area contributed by atoms with Gasteiger partial charge in [-0.1, -0.05) is 12.1 Å². The summed E-state index contributed by atoms with van der Waals surface area (Å²) in [5.41, 5.74) is 0.505. The highest BCUT2D eigenvalue weighted by Gasteiger charge is 2.51. The van der Waals surface area contributed by atoms with Gasteiger partial charge in [0.2, 0.25) is 0 Å². The minimum Gasteiger partial charge on any atom is -0.394 e. The first-order valence-electron chi connectivity index (χ1n) is 12.9. The summed E-state index contributed by atoms with van der Waals surface area (Å²) in [6, 6.07) is 6.33. The van der Waals surface area contributed by atoms with Gasteiger partial charge in [-0.2, -0.15) is 0 Å². The maximum atomic E-state index is 12.6.